The molecule has 24 heavy (non-hydrogen) atoms. The molecule has 0 fully saturated rings. The third-order valence-corrected chi connectivity index (χ3v) is 4.92. The number of esters is 1. The molecule has 1 aromatic carbocycles. The zero-order chi connectivity index (χ0) is 16.8. The summed E-state index contributed by atoms with van der Waals surface area (Å²) in [5.41, 5.74) is 3.05. The highest BCUT2D eigenvalue weighted by Gasteiger charge is 2.08. The number of thiazole rings is 1. The fraction of sp³-hybridized carbons (Fsp3) is 0.222. The van der Waals surface area contributed by atoms with Crippen LogP contribution < -0.4 is 4.74 Å². The van der Waals surface area contributed by atoms with Crippen LogP contribution in [0.4, 0.5) is 0 Å². The van der Waals surface area contributed by atoms with Crippen molar-refractivity contribution in [3.05, 3.63) is 57.7 Å². The molecule has 0 saturated carbocycles. The molecule has 3 aromatic rings. The van der Waals surface area contributed by atoms with E-state index in [9.17, 15) is 4.79 Å². The van der Waals surface area contributed by atoms with Crippen LogP contribution in [-0.4, -0.2) is 17.6 Å². The van der Waals surface area contributed by atoms with E-state index in [1.165, 1.54) is 5.56 Å². The number of hydrogen-bond donors (Lipinski definition) is 0. The molecular formula is C18H17NO3S2. The van der Waals surface area contributed by atoms with E-state index in [2.05, 4.69) is 10.4 Å². The predicted octanol–water partition coefficient (Wildman–Crippen LogP) is 4.69. The number of rotatable bonds is 7. The highest BCUT2D eigenvalue weighted by Crippen LogP contribution is 2.25. The van der Waals surface area contributed by atoms with Gasteiger partial charge >= 0.3 is 5.97 Å². The van der Waals surface area contributed by atoms with E-state index in [0.29, 0.717) is 6.61 Å². The topological polar surface area (TPSA) is 48.4 Å². The van der Waals surface area contributed by atoms with Gasteiger partial charge in [-0.3, -0.25) is 4.79 Å². The van der Waals surface area contributed by atoms with Crippen LogP contribution in [0, 0.1) is 6.92 Å². The SMILES string of the molecule is Cc1ccc(OCCC(=O)OCc2csc(-c3ccsc3)n2)cc1. The second-order valence-electron chi connectivity index (χ2n) is 5.23. The van der Waals surface area contributed by atoms with Crippen molar-refractivity contribution in [2.75, 3.05) is 6.61 Å². The minimum atomic E-state index is -0.285. The number of carbonyl (C=O) groups is 1. The molecule has 4 nitrogen and oxygen atoms in total. The van der Waals surface area contributed by atoms with E-state index in [1.54, 1.807) is 22.7 Å². The van der Waals surface area contributed by atoms with Gasteiger partial charge in [-0.25, -0.2) is 4.98 Å². The van der Waals surface area contributed by atoms with E-state index >= 15 is 0 Å². The predicted molar refractivity (Wildman–Crippen MR) is 96.5 cm³/mol. The zero-order valence-electron chi connectivity index (χ0n) is 13.2. The summed E-state index contributed by atoms with van der Waals surface area (Å²) in [5.74, 6) is 0.473. The van der Waals surface area contributed by atoms with Crippen LogP contribution in [0.25, 0.3) is 10.6 Å². The lowest BCUT2D eigenvalue weighted by atomic mass is 10.2. The Morgan fingerprint density at radius 1 is 1.17 bits per heavy atom. The van der Waals surface area contributed by atoms with Crippen molar-refractivity contribution in [2.24, 2.45) is 0 Å². The summed E-state index contributed by atoms with van der Waals surface area (Å²) in [6.07, 6.45) is 0.218. The van der Waals surface area contributed by atoms with Crippen molar-refractivity contribution >= 4 is 28.6 Å². The molecule has 0 aliphatic carbocycles. The van der Waals surface area contributed by atoms with Crippen molar-refractivity contribution in [2.45, 2.75) is 20.0 Å². The van der Waals surface area contributed by atoms with Gasteiger partial charge in [-0.05, 0) is 30.5 Å². The summed E-state index contributed by atoms with van der Waals surface area (Å²) >= 11 is 3.19. The molecule has 0 aliphatic rings. The molecule has 0 radical (unpaired) electrons. The monoisotopic (exact) mass is 359 g/mol. The summed E-state index contributed by atoms with van der Waals surface area (Å²) in [5, 5.41) is 6.94. The van der Waals surface area contributed by atoms with Gasteiger partial charge < -0.3 is 9.47 Å². The van der Waals surface area contributed by atoms with Gasteiger partial charge in [0.2, 0.25) is 0 Å². The van der Waals surface area contributed by atoms with E-state index in [4.69, 9.17) is 9.47 Å². The molecule has 0 bridgehead atoms. The Kier molecular flexibility index (Phi) is 5.61. The Bertz CT molecular complexity index is 779. The van der Waals surface area contributed by atoms with Gasteiger partial charge in [0.15, 0.2) is 0 Å². The van der Waals surface area contributed by atoms with E-state index in [1.807, 2.05) is 48.0 Å². The molecule has 0 aliphatic heterocycles. The first-order valence-electron chi connectivity index (χ1n) is 7.53. The lowest BCUT2D eigenvalue weighted by Gasteiger charge is -2.06. The summed E-state index contributed by atoms with van der Waals surface area (Å²) in [6, 6.07) is 9.76. The molecule has 0 saturated heterocycles. The molecule has 124 valence electrons. The molecule has 0 N–H and O–H groups in total. The van der Waals surface area contributed by atoms with Crippen molar-refractivity contribution in [3.63, 3.8) is 0 Å². The van der Waals surface area contributed by atoms with Gasteiger partial charge in [0, 0.05) is 16.3 Å². The highest BCUT2D eigenvalue weighted by molar-refractivity contribution is 7.14. The van der Waals surface area contributed by atoms with E-state index < -0.39 is 0 Å². The summed E-state index contributed by atoms with van der Waals surface area (Å²) < 4.78 is 10.8. The molecule has 0 atom stereocenters. The third kappa shape index (κ3) is 4.66. The first-order chi connectivity index (χ1) is 11.7. The van der Waals surface area contributed by atoms with Crippen LogP contribution in [0.1, 0.15) is 17.7 Å². The van der Waals surface area contributed by atoms with E-state index in [-0.39, 0.29) is 19.0 Å². The normalized spacial score (nSPS) is 10.5. The van der Waals surface area contributed by atoms with Crippen molar-refractivity contribution in [1.82, 2.24) is 4.98 Å². The van der Waals surface area contributed by atoms with Crippen molar-refractivity contribution in [1.29, 1.82) is 0 Å². The zero-order valence-corrected chi connectivity index (χ0v) is 14.9. The maximum absolute atomic E-state index is 11.8. The average molecular weight is 359 g/mol. The Labute approximate surface area is 148 Å². The van der Waals surface area contributed by atoms with Gasteiger partial charge in [0.1, 0.15) is 17.4 Å². The van der Waals surface area contributed by atoms with Gasteiger partial charge in [0.05, 0.1) is 18.7 Å². The van der Waals surface area contributed by atoms with Crippen LogP contribution in [0.15, 0.2) is 46.5 Å². The van der Waals surface area contributed by atoms with E-state index in [0.717, 1.165) is 22.0 Å². The quantitative estimate of drug-likeness (QED) is 0.574. The maximum atomic E-state index is 11.8. The van der Waals surface area contributed by atoms with Gasteiger partial charge in [-0.15, -0.1) is 11.3 Å². The van der Waals surface area contributed by atoms with Crippen LogP contribution in [0.2, 0.25) is 0 Å². The number of nitrogens with zero attached hydrogens (tertiary/aromatic N) is 1. The number of aromatic nitrogens is 1. The lowest BCUT2D eigenvalue weighted by molar-refractivity contribution is -0.145. The average Bonchev–Trinajstić information content (AvgIpc) is 3.26. The molecule has 0 amide bonds. The molecule has 0 spiro atoms. The summed E-state index contributed by atoms with van der Waals surface area (Å²) in [7, 11) is 0. The fourth-order valence-corrected chi connectivity index (χ4v) is 3.52. The van der Waals surface area contributed by atoms with Crippen LogP contribution in [-0.2, 0) is 16.1 Å². The number of thiophene rings is 1. The molecule has 6 heteroatoms. The number of carbonyl (C=O) groups excluding carboxylic acids is 1. The number of ether oxygens (including phenoxy) is 2. The Balaban J connectivity index is 1.40. The summed E-state index contributed by atoms with van der Waals surface area (Å²) in [4.78, 5) is 16.2. The number of aryl methyl sites for hydroxylation is 1. The number of benzene rings is 1. The largest absolute Gasteiger partial charge is 0.493 e. The van der Waals surface area contributed by atoms with Crippen LogP contribution >= 0.6 is 22.7 Å². The molecule has 2 aromatic heterocycles. The minimum absolute atomic E-state index is 0.198. The smallest absolute Gasteiger partial charge is 0.309 e. The third-order valence-electron chi connectivity index (χ3n) is 3.30. The minimum Gasteiger partial charge on any atom is -0.493 e. The van der Waals surface area contributed by atoms with Gasteiger partial charge in [-0.1, -0.05) is 17.7 Å². The highest BCUT2D eigenvalue weighted by atomic mass is 32.1. The van der Waals surface area contributed by atoms with Gasteiger partial charge in [0.25, 0.3) is 0 Å². The first kappa shape index (κ1) is 16.7. The standard InChI is InChI=1S/C18H17NO3S2/c1-13-2-4-16(5-3-13)21-8-6-17(20)22-10-15-12-24-18(19-15)14-7-9-23-11-14/h2-5,7,9,11-12H,6,8,10H2,1H3. The molecule has 2 heterocycles. The van der Waals surface area contributed by atoms with Crippen LogP contribution in [0.5, 0.6) is 5.75 Å². The molecular weight excluding hydrogens is 342 g/mol. The van der Waals surface area contributed by atoms with Crippen molar-refractivity contribution in [3.8, 4) is 16.3 Å². The Morgan fingerprint density at radius 3 is 2.75 bits per heavy atom. The van der Waals surface area contributed by atoms with Gasteiger partial charge in [-0.2, -0.15) is 11.3 Å². The second-order valence-corrected chi connectivity index (χ2v) is 6.87. The fourth-order valence-electron chi connectivity index (χ4n) is 2.01. The van der Waals surface area contributed by atoms with Crippen LogP contribution in [0.3, 0.4) is 0 Å². The molecule has 3 rings (SSSR count). The summed E-state index contributed by atoms with van der Waals surface area (Å²) in [6.45, 7) is 2.52. The second kappa shape index (κ2) is 8.08. The van der Waals surface area contributed by atoms with Crippen molar-refractivity contribution < 1.29 is 14.3 Å². The first-order valence-corrected chi connectivity index (χ1v) is 9.35. The Morgan fingerprint density at radius 2 is 2.00 bits per heavy atom. The lowest BCUT2D eigenvalue weighted by Crippen LogP contribution is -2.10. The molecule has 0 unspecified atom stereocenters. The number of hydrogen-bond acceptors (Lipinski definition) is 6. The Hall–Kier alpha value is -2.18. The maximum Gasteiger partial charge on any atom is 0.309 e.